The van der Waals surface area contributed by atoms with E-state index in [2.05, 4.69) is 39.0 Å². The van der Waals surface area contributed by atoms with Gasteiger partial charge in [0.1, 0.15) is 11.3 Å². The number of nitrogens with one attached hydrogen (secondary N) is 2. The summed E-state index contributed by atoms with van der Waals surface area (Å²) in [4.78, 5) is 17.2. The van der Waals surface area contributed by atoms with E-state index in [-0.39, 0.29) is 11.8 Å². The van der Waals surface area contributed by atoms with Crippen LogP contribution in [-0.2, 0) is 0 Å². The normalized spacial score (nSPS) is 12.4. The summed E-state index contributed by atoms with van der Waals surface area (Å²) in [5, 5.41) is 10.2. The molecule has 4 aromatic rings. The number of rotatable bonds is 5. The van der Waals surface area contributed by atoms with E-state index < -0.39 is 0 Å². The molecule has 3 heterocycles. The van der Waals surface area contributed by atoms with E-state index in [9.17, 15) is 4.79 Å². The Bertz CT molecular complexity index is 1030. The molecule has 1 atom stereocenters. The molecule has 1 aromatic carbocycles. The first-order valence-electron chi connectivity index (χ1n) is 8.45. The molecule has 0 aliphatic heterocycles. The molecule has 0 radical (unpaired) electrons. The van der Waals surface area contributed by atoms with Crippen molar-refractivity contribution in [3.63, 3.8) is 0 Å². The number of H-pyrrole nitrogens is 1. The summed E-state index contributed by atoms with van der Waals surface area (Å²) in [5.41, 5.74) is 3.41. The molecule has 0 fully saturated rings. The second-order valence-corrected chi connectivity index (χ2v) is 7.25. The van der Waals surface area contributed by atoms with Gasteiger partial charge in [0.05, 0.1) is 5.69 Å². The standard InChI is InChI=1S/C20H19N3O2S/c1-12-19(13(2)25-23-12)20(24)22-11-16(18-8-5-9-26-18)15-10-21-17-7-4-3-6-14(15)17/h3-10,16,21H,11H2,1-2H3,(H,22,24)/t16-/m0/s1. The second kappa shape index (κ2) is 6.80. The molecule has 4 rings (SSSR count). The van der Waals surface area contributed by atoms with Crippen LogP contribution < -0.4 is 5.32 Å². The van der Waals surface area contributed by atoms with Crippen molar-refractivity contribution in [2.75, 3.05) is 6.54 Å². The van der Waals surface area contributed by atoms with Crippen molar-refractivity contribution in [2.45, 2.75) is 19.8 Å². The lowest BCUT2D eigenvalue weighted by Crippen LogP contribution is -2.29. The number of benzene rings is 1. The van der Waals surface area contributed by atoms with Crippen LogP contribution in [0.2, 0.25) is 0 Å². The molecule has 0 saturated carbocycles. The molecule has 0 bridgehead atoms. The molecule has 1 amide bonds. The third-order valence-corrected chi connectivity index (χ3v) is 5.60. The van der Waals surface area contributed by atoms with Gasteiger partial charge < -0.3 is 14.8 Å². The van der Waals surface area contributed by atoms with Crippen LogP contribution in [0.1, 0.15) is 38.2 Å². The van der Waals surface area contributed by atoms with Gasteiger partial charge in [0.2, 0.25) is 0 Å². The molecular weight excluding hydrogens is 346 g/mol. The molecule has 0 aliphatic carbocycles. The van der Waals surface area contributed by atoms with Crippen molar-refractivity contribution in [2.24, 2.45) is 0 Å². The number of carbonyl (C=O) groups excluding carboxylic acids is 1. The fraction of sp³-hybridized carbons (Fsp3) is 0.200. The highest BCUT2D eigenvalue weighted by molar-refractivity contribution is 7.10. The van der Waals surface area contributed by atoms with E-state index in [4.69, 9.17) is 4.52 Å². The van der Waals surface area contributed by atoms with Crippen LogP contribution in [0.3, 0.4) is 0 Å². The van der Waals surface area contributed by atoms with Crippen LogP contribution >= 0.6 is 11.3 Å². The Hall–Kier alpha value is -2.86. The number of nitrogens with zero attached hydrogens (tertiary/aromatic N) is 1. The van der Waals surface area contributed by atoms with Gasteiger partial charge in [-0.3, -0.25) is 4.79 Å². The Morgan fingerprint density at radius 1 is 1.27 bits per heavy atom. The van der Waals surface area contributed by atoms with Crippen molar-refractivity contribution >= 4 is 28.1 Å². The maximum atomic E-state index is 12.6. The van der Waals surface area contributed by atoms with Crippen LogP contribution in [0.5, 0.6) is 0 Å². The number of aromatic amines is 1. The molecule has 0 saturated heterocycles. The lowest BCUT2D eigenvalue weighted by Gasteiger charge is -2.16. The lowest BCUT2D eigenvalue weighted by atomic mass is 9.96. The molecule has 0 unspecified atom stereocenters. The summed E-state index contributed by atoms with van der Waals surface area (Å²) >= 11 is 1.70. The fourth-order valence-electron chi connectivity index (χ4n) is 3.33. The average Bonchev–Trinajstić information content (AvgIpc) is 3.37. The van der Waals surface area contributed by atoms with Crippen molar-refractivity contribution in [1.29, 1.82) is 0 Å². The smallest absolute Gasteiger partial charge is 0.256 e. The maximum absolute atomic E-state index is 12.6. The van der Waals surface area contributed by atoms with Crippen molar-refractivity contribution in [3.05, 3.63) is 75.4 Å². The summed E-state index contributed by atoms with van der Waals surface area (Å²) in [7, 11) is 0. The zero-order chi connectivity index (χ0) is 18.1. The molecule has 3 aromatic heterocycles. The Morgan fingerprint density at radius 3 is 2.85 bits per heavy atom. The lowest BCUT2D eigenvalue weighted by molar-refractivity contribution is 0.0950. The number of aryl methyl sites for hydroxylation is 2. The first kappa shape index (κ1) is 16.6. The highest BCUT2D eigenvalue weighted by atomic mass is 32.1. The summed E-state index contributed by atoms with van der Waals surface area (Å²) < 4.78 is 5.11. The minimum Gasteiger partial charge on any atom is -0.361 e. The quantitative estimate of drug-likeness (QED) is 0.551. The molecule has 132 valence electrons. The Morgan fingerprint density at radius 2 is 2.12 bits per heavy atom. The van der Waals surface area contributed by atoms with Crippen LogP contribution in [0.4, 0.5) is 0 Å². The number of amides is 1. The zero-order valence-electron chi connectivity index (χ0n) is 14.6. The van der Waals surface area contributed by atoms with Crippen molar-refractivity contribution in [3.8, 4) is 0 Å². The van der Waals surface area contributed by atoms with Gasteiger partial charge in [-0.15, -0.1) is 11.3 Å². The fourth-order valence-corrected chi connectivity index (χ4v) is 4.17. The number of fused-ring (bicyclic) bond motifs is 1. The predicted molar refractivity (Wildman–Crippen MR) is 103 cm³/mol. The van der Waals surface area contributed by atoms with E-state index in [1.165, 1.54) is 15.8 Å². The van der Waals surface area contributed by atoms with Gasteiger partial charge in [0, 0.05) is 34.4 Å². The van der Waals surface area contributed by atoms with Crippen LogP contribution in [0, 0.1) is 13.8 Å². The Kier molecular flexibility index (Phi) is 4.34. The Labute approximate surface area is 155 Å². The van der Waals surface area contributed by atoms with Gasteiger partial charge in [-0.25, -0.2) is 0 Å². The molecule has 2 N–H and O–H groups in total. The summed E-state index contributed by atoms with van der Waals surface area (Å²) in [6.45, 7) is 4.04. The first-order chi connectivity index (χ1) is 12.6. The summed E-state index contributed by atoms with van der Waals surface area (Å²) in [6.07, 6.45) is 2.04. The van der Waals surface area contributed by atoms with Gasteiger partial charge in [-0.1, -0.05) is 29.4 Å². The largest absolute Gasteiger partial charge is 0.361 e. The molecule has 26 heavy (non-hydrogen) atoms. The van der Waals surface area contributed by atoms with Gasteiger partial charge in [-0.2, -0.15) is 0 Å². The zero-order valence-corrected chi connectivity index (χ0v) is 15.4. The highest BCUT2D eigenvalue weighted by Gasteiger charge is 2.22. The molecule has 6 heteroatoms. The van der Waals surface area contributed by atoms with E-state index in [0.29, 0.717) is 23.6 Å². The number of thiophene rings is 1. The molecule has 0 spiro atoms. The molecule has 0 aliphatic rings. The molecule has 5 nitrogen and oxygen atoms in total. The average molecular weight is 365 g/mol. The predicted octanol–water partition coefficient (Wildman–Crippen LogP) is 4.40. The minimum absolute atomic E-state index is 0.0792. The Balaban J connectivity index is 1.64. The monoisotopic (exact) mass is 365 g/mol. The number of para-hydroxylation sites is 1. The summed E-state index contributed by atoms with van der Waals surface area (Å²) in [5.74, 6) is 0.470. The second-order valence-electron chi connectivity index (χ2n) is 6.27. The van der Waals surface area contributed by atoms with Crippen LogP contribution in [-0.4, -0.2) is 22.6 Å². The highest BCUT2D eigenvalue weighted by Crippen LogP contribution is 2.32. The van der Waals surface area contributed by atoms with E-state index in [1.54, 1.807) is 25.2 Å². The van der Waals surface area contributed by atoms with Gasteiger partial charge >= 0.3 is 0 Å². The summed E-state index contributed by atoms with van der Waals surface area (Å²) in [6, 6.07) is 12.4. The van der Waals surface area contributed by atoms with Gasteiger partial charge in [0.25, 0.3) is 5.91 Å². The topological polar surface area (TPSA) is 70.9 Å². The van der Waals surface area contributed by atoms with Crippen LogP contribution in [0.25, 0.3) is 10.9 Å². The van der Waals surface area contributed by atoms with Crippen molar-refractivity contribution in [1.82, 2.24) is 15.5 Å². The van der Waals surface area contributed by atoms with E-state index in [1.807, 2.05) is 24.4 Å². The number of hydrogen-bond acceptors (Lipinski definition) is 4. The maximum Gasteiger partial charge on any atom is 0.256 e. The number of hydrogen-bond donors (Lipinski definition) is 2. The third kappa shape index (κ3) is 2.93. The van der Waals surface area contributed by atoms with E-state index in [0.717, 1.165) is 5.52 Å². The van der Waals surface area contributed by atoms with Crippen LogP contribution in [0.15, 0.2) is 52.5 Å². The SMILES string of the molecule is Cc1noc(C)c1C(=O)NC[C@H](c1cccs1)c1c[nH]c2ccccc12. The first-order valence-corrected chi connectivity index (χ1v) is 9.33. The van der Waals surface area contributed by atoms with Gasteiger partial charge in [0.15, 0.2) is 0 Å². The van der Waals surface area contributed by atoms with E-state index >= 15 is 0 Å². The van der Waals surface area contributed by atoms with Crippen molar-refractivity contribution < 1.29 is 9.32 Å². The minimum atomic E-state index is -0.150. The number of aromatic nitrogens is 2. The third-order valence-electron chi connectivity index (χ3n) is 4.61. The van der Waals surface area contributed by atoms with Gasteiger partial charge in [-0.05, 0) is 36.9 Å². The molecular formula is C20H19N3O2S. The number of carbonyl (C=O) groups is 1.